The number of carboxylic acids is 3. The second kappa shape index (κ2) is 4.40. The average molecular weight is 202 g/mol. The first kappa shape index (κ1) is 12.2. The van der Waals surface area contributed by atoms with Crippen LogP contribution < -0.4 is 0 Å². The first-order valence-electron chi connectivity index (χ1n) is 3.65. The highest BCUT2D eigenvalue weighted by atomic mass is 16.4. The lowest BCUT2D eigenvalue weighted by Crippen LogP contribution is -2.29. The summed E-state index contributed by atoms with van der Waals surface area (Å²) < 4.78 is 0. The number of hydrogen-bond donors (Lipinski definition) is 3. The first-order chi connectivity index (χ1) is 6.29. The Morgan fingerprint density at radius 3 is 1.36 bits per heavy atom. The highest BCUT2D eigenvalue weighted by Gasteiger charge is 2.34. The molecule has 0 spiro atoms. The van der Waals surface area contributed by atoms with Crippen LogP contribution in [0.2, 0.25) is 0 Å². The van der Waals surface area contributed by atoms with Crippen molar-refractivity contribution in [2.45, 2.75) is 13.8 Å². The smallest absolute Gasteiger partial charge is 0.332 e. The third-order valence-electron chi connectivity index (χ3n) is 1.55. The van der Waals surface area contributed by atoms with E-state index in [1.54, 1.807) is 0 Å². The maximum Gasteiger partial charge on any atom is 0.332 e. The first-order valence-corrected chi connectivity index (χ1v) is 3.65. The van der Waals surface area contributed by atoms with E-state index in [0.717, 1.165) is 0 Å². The minimum Gasteiger partial charge on any atom is -0.480 e. The van der Waals surface area contributed by atoms with E-state index < -0.39 is 29.4 Å². The third-order valence-corrected chi connectivity index (χ3v) is 1.55. The van der Waals surface area contributed by atoms with Crippen molar-refractivity contribution in [2.75, 3.05) is 0 Å². The Labute approximate surface area is 79.5 Å². The van der Waals surface area contributed by atoms with E-state index >= 15 is 0 Å². The van der Waals surface area contributed by atoms with Crippen molar-refractivity contribution in [2.24, 2.45) is 5.92 Å². The highest BCUT2D eigenvalue weighted by molar-refractivity contribution is 6.06. The van der Waals surface area contributed by atoms with Crippen molar-refractivity contribution < 1.29 is 29.7 Å². The van der Waals surface area contributed by atoms with Crippen molar-refractivity contribution >= 4 is 17.9 Å². The van der Waals surface area contributed by atoms with Crippen LogP contribution in [0.15, 0.2) is 11.1 Å². The lowest BCUT2D eigenvalue weighted by atomic mass is 9.95. The molecule has 78 valence electrons. The number of rotatable bonds is 4. The Morgan fingerprint density at radius 2 is 1.29 bits per heavy atom. The molecule has 0 aliphatic rings. The zero-order chi connectivity index (χ0) is 11.5. The molecular formula is C8H10O6. The maximum absolute atomic E-state index is 10.6. The number of carboxylic acid groups (broad SMARTS) is 3. The van der Waals surface area contributed by atoms with Gasteiger partial charge in [0.2, 0.25) is 0 Å². The summed E-state index contributed by atoms with van der Waals surface area (Å²) in [6.07, 6.45) is 0. The molecule has 0 unspecified atom stereocenters. The fourth-order valence-electron chi connectivity index (χ4n) is 0.979. The van der Waals surface area contributed by atoms with Crippen LogP contribution in [0.5, 0.6) is 0 Å². The van der Waals surface area contributed by atoms with Crippen LogP contribution in [0.3, 0.4) is 0 Å². The summed E-state index contributed by atoms with van der Waals surface area (Å²) in [4.78, 5) is 31.6. The molecule has 0 saturated heterocycles. The molecule has 0 aromatic rings. The van der Waals surface area contributed by atoms with Crippen molar-refractivity contribution in [1.29, 1.82) is 0 Å². The molecule has 0 heterocycles. The largest absolute Gasteiger partial charge is 0.480 e. The summed E-state index contributed by atoms with van der Waals surface area (Å²) in [5.41, 5.74) is -0.447. The zero-order valence-electron chi connectivity index (χ0n) is 7.64. The Morgan fingerprint density at radius 1 is 0.929 bits per heavy atom. The van der Waals surface area contributed by atoms with Crippen LogP contribution in [0, 0.1) is 5.92 Å². The fraction of sp³-hybridized carbons (Fsp3) is 0.375. The molecule has 0 rings (SSSR count). The number of aliphatic carboxylic acids is 3. The normalized spacial score (nSPS) is 9.64. The Hall–Kier alpha value is -1.85. The van der Waals surface area contributed by atoms with Crippen LogP contribution in [-0.2, 0) is 14.4 Å². The van der Waals surface area contributed by atoms with Crippen LogP contribution in [0.1, 0.15) is 13.8 Å². The molecule has 6 heteroatoms. The molecule has 0 aromatic heterocycles. The zero-order valence-corrected chi connectivity index (χ0v) is 7.64. The van der Waals surface area contributed by atoms with Gasteiger partial charge >= 0.3 is 17.9 Å². The van der Waals surface area contributed by atoms with Crippen LogP contribution in [-0.4, -0.2) is 33.2 Å². The molecular weight excluding hydrogens is 192 g/mol. The van der Waals surface area contributed by atoms with E-state index in [4.69, 9.17) is 15.3 Å². The average Bonchev–Trinajstić information content (AvgIpc) is 1.96. The molecule has 0 bridgehead atoms. The van der Waals surface area contributed by atoms with Gasteiger partial charge in [0.15, 0.2) is 5.92 Å². The van der Waals surface area contributed by atoms with Gasteiger partial charge in [-0.25, -0.2) is 4.79 Å². The molecule has 14 heavy (non-hydrogen) atoms. The second-order valence-corrected chi connectivity index (χ2v) is 2.83. The summed E-state index contributed by atoms with van der Waals surface area (Å²) in [6, 6.07) is 0. The van der Waals surface area contributed by atoms with E-state index in [9.17, 15) is 14.4 Å². The van der Waals surface area contributed by atoms with Gasteiger partial charge in [0, 0.05) is 0 Å². The predicted octanol–water partition coefficient (Wildman–Crippen LogP) is 0.193. The standard InChI is InChI=1S/C8H10O6/c1-3(2)4(6(9)10)5(7(11)12)8(13)14/h5H,1-2H3,(H,9,10)(H,11,12)(H,13,14). The molecule has 3 N–H and O–H groups in total. The van der Waals surface area contributed by atoms with Gasteiger partial charge in [0.05, 0.1) is 5.57 Å². The van der Waals surface area contributed by atoms with Gasteiger partial charge in [-0.15, -0.1) is 0 Å². The Bertz CT molecular complexity index is 296. The number of allylic oxidation sites excluding steroid dienone is 1. The SMILES string of the molecule is CC(C)=C(C(=O)O)C(C(=O)O)C(=O)O. The van der Waals surface area contributed by atoms with E-state index in [0.29, 0.717) is 0 Å². The van der Waals surface area contributed by atoms with Gasteiger partial charge in [-0.3, -0.25) is 9.59 Å². The summed E-state index contributed by atoms with van der Waals surface area (Å²) in [5, 5.41) is 25.7. The van der Waals surface area contributed by atoms with Gasteiger partial charge < -0.3 is 15.3 Å². The summed E-state index contributed by atoms with van der Waals surface area (Å²) in [5.74, 6) is -6.91. The van der Waals surface area contributed by atoms with Crippen LogP contribution >= 0.6 is 0 Å². The van der Waals surface area contributed by atoms with Gasteiger partial charge in [-0.05, 0) is 13.8 Å². The molecule has 0 fully saturated rings. The molecule has 0 aromatic carbocycles. The molecule has 0 aliphatic heterocycles. The van der Waals surface area contributed by atoms with Crippen molar-refractivity contribution in [3.63, 3.8) is 0 Å². The minimum absolute atomic E-state index is 0.160. The maximum atomic E-state index is 10.6. The Kier molecular flexibility index (Phi) is 3.82. The summed E-state index contributed by atoms with van der Waals surface area (Å²) >= 11 is 0. The second-order valence-electron chi connectivity index (χ2n) is 2.83. The Balaban J connectivity index is 5.39. The minimum atomic E-state index is -2.02. The summed E-state index contributed by atoms with van der Waals surface area (Å²) in [7, 11) is 0. The highest BCUT2D eigenvalue weighted by Crippen LogP contribution is 2.16. The van der Waals surface area contributed by atoms with E-state index in [2.05, 4.69) is 0 Å². The van der Waals surface area contributed by atoms with E-state index in [1.165, 1.54) is 13.8 Å². The lowest BCUT2D eigenvalue weighted by Gasteiger charge is -2.09. The quantitative estimate of drug-likeness (QED) is 0.443. The number of hydrogen-bond acceptors (Lipinski definition) is 3. The van der Waals surface area contributed by atoms with Crippen molar-refractivity contribution in [1.82, 2.24) is 0 Å². The summed E-state index contributed by atoms with van der Waals surface area (Å²) in [6.45, 7) is 2.70. The predicted molar refractivity (Wildman–Crippen MR) is 44.8 cm³/mol. The molecule has 6 nitrogen and oxygen atoms in total. The van der Waals surface area contributed by atoms with Gasteiger partial charge in [-0.2, -0.15) is 0 Å². The van der Waals surface area contributed by atoms with Gasteiger partial charge in [0.25, 0.3) is 0 Å². The van der Waals surface area contributed by atoms with Crippen LogP contribution in [0.25, 0.3) is 0 Å². The lowest BCUT2D eigenvalue weighted by molar-refractivity contribution is -0.155. The van der Waals surface area contributed by atoms with Gasteiger partial charge in [-0.1, -0.05) is 5.57 Å². The van der Waals surface area contributed by atoms with Crippen LogP contribution in [0.4, 0.5) is 0 Å². The topological polar surface area (TPSA) is 112 Å². The monoisotopic (exact) mass is 202 g/mol. The molecule has 0 amide bonds. The van der Waals surface area contributed by atoms with Gasteiger partial charge in [0.1, 0.15) is 0 Å². The molecule has 0 aliphatic carbocycles. The molecule has 0 saturated carbocycles. The van der Waals surface area contributed by atoms with Crippen molar-refractivity contribution in [3.05, 3.63) is 11.1 Å². The molecule has 0 radical (unpaired) electrons. The van der Waals surface area contributed by atoms with E-state index in [-0.39, 0.29) is 5.57 Å². The third kappa shape index (κ3) is 2.58. The van der Waals surface area contributed by atoms with E-state index in [1.807, 2.05) is 0 Å². The van der Waals surface area contributed by atoms with Crippen molar-refractivity contribution in [3.8, 4) is 0 Å². The molecule has 0 atom stereocenters. The fourth-order valence-corrected chi connectivity index (χ4v) is 0.979. The number of carbonyl (C=O) groups is 3.